The van der Waals surface area contributed by atoms with Crippen LogP contribution in [0.25, 0.3) is 21.8 Å². The number of benzene rings is 2. The van der Waals surface area contributed by atoms with Gasteiger partial charge in [-0.15, -0.1) is 6.42 Å². The van der Waals surface area contributed by atoms with Crippen LogP contribution < -0.4 is 5.43 Å². The molecule has 0 aliphatic rings. The highest BCUT2D eigenvalue weighted by molar-refractivity contribution is 5.93. The molecule has 0 aliphatic heterocycles. The number of pyridine rings is 1. The summed E-state index contributed by atoms with van der Waals surface area (Å²) in [6.07, 6.45) is 5.58. The molecular weight excluding hydrogens is 234 g/mol. The summed E-state index contributed by atoms with van der Waals surface area (Å²) < 4.78 is 2.05. The highest BCUT2D eigenvalue weighted by Crippen LogP contribution is 2.22. The van der Waals surface area contributed by atoms with Gasteiger partial charge in [0.05, 0.1) is 17.1 Å². The van der Waals surface area contributed by atoms with Gasteiger partial charge in [-0.2, -0.15) is 0 Å². The summed E-state index contributed by atoms with van der Waals surface area (Å²) in [4.78, 5) is 12.5. The van der Waals surface area contributed by atoms with Crippen LogP contribution in [0.5, 0.6) is 0 Å². The van der Waals surface area contributed by atoms with E-state index in [-0.39, 0.29) is 11.5 Å². The molecule has 0 saturated carbocycles. The summed E-state index contributed by atoms with van der Waals surface area (Å²) >= 11 is 0. The van der Waals surface area contributed by atoms with Crippen LogP contribution in [-0.4, -0.2) is 4.57 Å². The van der Waals surface area contributed by atoms with Crippen LogP contribution in [0.15, 0.2) is 53.3 Å². The van der Waals surface area contributed by atoms with Crippen molar-refractivity contribution in [2.24, 2.45) is 0 Å². The average molecular weight is 247 g/mol. The lowest BCUT2D eigenvalue weighted by Gasteiger charge is -2.17. The molecule has 0 radical (unpaired) electrons. The van der Waals surface area contributed by atoms with Crippen LogP contribution in [0.2, 0.25) is 0 Å². The third kappa shape index (κ3) is 1.63. The zero-order chi connectivity index (χ0) is 13.4. The van der Waals surface area contributed by atoms with Gasteiger partial charge < -0.3 is 4.57 Å². The summed E-state index contributed by atoms with van der Waals surface area (Å²) in [7, 11) is 0. The van der Waals surface area contributed by atoms with Gasteiger partial charge in [0.25, 0.3) is 0 Å². The highest BCUT2D eigenvalue weighted by atomic mass is 16.1. The Bertz CT molecular complexity index is 808. The molecule has 3 aromatic rings. The zero-order valence-corrected chi connectivity index (χ0v) is 10.6. The van der Waals surface area contributed by atoms with Crippen molar-refractivity contribution in [2.75, 3.05) is 0 Å². The van der Waals surface area contributed by atoms with Crippen molar-refractivity contribution in [3.8, 4) is 12.3 Å². The molecule has 2 aromatic carbocycles. The molecule has 1 unspecified atom stereocenters. The summed E-state index contributed by atoms with van der Waals surface area (Å²) in [5, 5.41) is 1.42. The Morgan fingerprint density at radius 2 is 1.47 bits per heavy atom. The number of rotatable bonds is 1. The number of fused-ring (bicyclic) bond motifs is 2. The normalized spacial score (nSPS) is 12.4. The van der Waals surface area contributed by atoms with E-state index in [1.54, 1.807) is 0 Å². The van der Waals surface area contributed by atoms with Gasteiger partial charge in [-0.3, -0.25) is 4.79 Å². The maximum atomic E-state index is 12.5. The first-order valence-electron chi connectivity index (χ1n) is 6.22. The highest BCUT2D eigenvalue weighted by Gasteiger charge is 2.12. The summed E-state index contributed by atoms with van der Waals surface area (Å²) in [5.74, 6) is 2.75. The molecular formula is C17H13NO. The van der Waals surface area contributed by atoms with Crippen LogP contribution >= 0.6 is 0 Å². The van der Waals surface area contributed by atoms with Gasteiger partial charge in [-0.05, 0) is 31.2 Å². The number of hydrogen-bond acceptors (Lipinski definition) is 1. The van der Waals surface area contributed by atoms with Crippen molar-refractivity contribution >= 4 is 21.8 Å². The van der Waals surface area contributed by atoms with Crippen molar-refractivity contribution in [3.05, 3.63) is 58.8 Å². The van der Waals surface area contributed by atoms with Crippen LogP contribution in [0.3, 0.4) is 0 Å². The number of nitrogens with zero attached hydrogens (tertiary/aromatic N) is 1. The monoisotopic (exact) mass is 247 g/mol. The van der Waals surface area contributed by atoms with Crippen LogP contribution in [0.1, 0.15) is 13.0 Å². The summed E-state index contributed by atoms with van der Waals surface area (Å²) in [5.41, 5.74) is 1.83. The smallest absolute Gasteiger partial charge is 0.197 e. The average Bonchev–Trinajstić information content (AvgIpc) is 2.47. The molecule has 2 heteroatoms. The molecule has 1 atom stereocenters. The molecule has 0 amide bonds. The van der Waals surface area contributed by atoms with Crippen molar-refractivity contribution in [2.45, 2.75) is 13.0 Å². The van der Waals surface area contributed by atoms with E-state index in [2.05, 4.69) is 5.92 Å². The molecule has 1 aromatic heterocycles. The van der Waals surface area contributed by atoms with Crippen molar-refractivity contribution < 1.29 is 0 Å². The molecule has 0 saturated heterocycles. The molecule has 0 N–H and O–H groups in total. The van der Waals surface area contributed by atoms with Gasteiger partial charge in [0.15, 0.2) is 5.43 Å². The third-order valence-electron chi connectivity index (χ3n) is 3.44. The topological polar surface area (TPSA) is 22.0 Å². The number of para-hydroxylation sites is 2. The van der Waals surface area contributed by atoms with Crippen LogP contribution in [-0.2, 0) is 0 Å². The van der Waals surface area contributed by atoms with Crippen LogP contribution in [0, 0.1) is 12.3 Å². The van der Waals surface area contributed by atoms with Gasteiger partial charge in [-0.25, -0.2) is 0 Å². The van der Waals surface area contributed by atoms with Crippen LogP contribution in [0.4, 0.5) is 0 Å². The Morgan fingerprint density at radius 1 is 1.00 bits per heavy atom. The fourth-order valence-electron chi connectivity index (χ4n) is 2.52. The van der Waals surface area contributed by atoms with E-state index >= 15 is 0 Å². The Labute approximate surface area is 111 Å². The lowest BCUT2D eigenvalue weighted by Crippen LogP contribution is -2.13. The SMILES string of the molecule is C#CC(C)n1c2ccccc2c(=O)c2ccccc21. The predicted molar refractivity (Wildman–Crippen MR) is 79.3 cm³/mol. The fourth-order valence-corrected chi connectivity index (χ4v) is 2.52. The molecule has 0 bridgehead atoms. The maximum absolute atomic E-state index is 12.5. The number of aromatic nitrogens is 1. The molecule has 19 heavy (non-hydrogen) atoms. The molecule has 92 valence electrons. The Balaban J connectivity index is 2.65. The Hall–Kier alpha value is -2.53. The Kier molecular flexibility index (Phi) is 2.61. The second-order valence-corrected chi connectivity index (χ2v) is 4.58. The molecule has 0 aliphatic carbocycles. The van der Waals surface area contributed by atoms with Gasteiger partial charge in [0.1, 0.15) is 0 Å². The first-order valence-corrected chi connectivity index (χ1v) is 6.22. The van der Waals surface area contributed by atoms with E-state index in [0.29, 0.717) is 10.8 Å². The second-order valence-electron chi connectivity index (χ2n) is 4.58. The quantitative estimate of drug-likeness (QED) is 0.477. The minimum absolute atomic E-state index is 0.0617. The lowest BCUT2D eigenvalue weighted by molar-refractivity contribution is 0.730. The summed E-state index contributed by atoms with van der Waals surface area (Å²) in [6, 6.07) is 15.1. The number of hydrogen-bond donors (Lipinski definition) is 0. The van der Waals surface area contributed by atoms with E-state index in [4.69, 9.17) is 6.42 Å². The third-order valence-corrected chi connectivity index (χ3v) is 3.44. The first-order chi connectivity index (χ1) is 9.24. The summed E-state index contributed by atoms with van der Waals surface area (Å²) in [6.45, 7) is 1.96. The van der Waals surface area contributed by atoms with Crippen molar-refractivity contribution in [1.82, 2.24) is 4.57 Å². The maximum Gasteiger partial charge on any atom is 0.197 e. The van der Waals surface area contributed by atoms with Gasteiger partial charge >= 0.3 is 0 Å². The van der Waals surface area contributed by atoms with Crippen molar-refractivity contribution in [1.29, 1.82) is 0 Å². The standard InChI is InChI=1S/C17H13NO/c1-3-12(2)18-15-10-6-4-8-13(15)17(19)14-9-5-7-11-16(14)18/h1,4-12H,2H3. The lowest BCUT2D eigenvalue weighted by atomic mass is 10.1. The number of terminal acetylenes is 1. The van der Waals surface area contributed by atoms with E-state index < -0.39 is 0 Å². The zero-order valence-electron chi connectivity index (χ0n) is 10.6. The predicted octanol–water partition coefficient (Wildman–Crippen LogP) is 3.35. The second kappa shape index (κ2) is 4.29. The molecule has 2 nitrogen and oxygen atoms in total. The van der Waals surface area contributed by atoms with E-state index in [1.807, 2.05) is 60.0 Å². The van der Waals surface area contributed by atoms with Crippen molar-refractivity contribution in [3.63, 3.8) is 0 Å². The van der Waals surface area contributed by atoms with E-state index in [0.717, 1.165) is 11.0 Å². The molecule has 3 rings (SSSR count). The molecule has 1 heterocycles. The fraction of sp³-hybridized carbons (Fsp3) is 0.118. The first kappa shape index (κ1) is 11.6. The van der Waals surface area contributed by atoms with Gasteiger partial charge in [0, 0.05) is 10.8 Å². The van der Waals surface area contributed by atoms with Gasteiger partial charge in [-0.1, -0.05) is 30.2 Å². The minimum atomic E-state index is -0.101. The molecule has 0 spiro atoms. The minimum Gasteiger partial charge on any atom is -0.326 e. The van der Waals surface area contributed by atoms with E-state index in [1.165, 1.54) is 0 Å². The van der Waals surface area contributed by atoms with E-state index in [9.17, 15) is 4.79 Å². The largest absolute Gasteiger partial charge is 0.326 e. The Morgan fingerprint density at radius 3 is 1.95 bits per heavy atom. The van der Waals surface area contributed by atoms with Gasteiger partial charge in [0.2, 0.25) is 0 Å². The molecule has 0 fully saturated rings.